The van der Waals surface area contributed by atoms with E-state index in [9.17, 15) is 0 Å². The molecule has 1 rings (SSSR count). The molecule has 0 heterocycles. The zero-order valence-electron chi connectivity index (χ0n) is 6.48. The van der Waals surface area contributed by atoms with E-state index >= 15 is 0 Å². The lowest BCUT2D eigenvalue weighted by molar-refractivity contribution is 0.401. The minimum atomic E-state index is 0.865. The van der Waals surface area contributed by atoms with E-state index in [1.54, 1.807) is 0 Å². The average molecular weight is 124 g/mol. The fourth-order valence-electron chi connectivity index (χ4n) is 1.53. The molecule has 0 amide bonds. The Hall–Kier alpha value is -0.260. The first-order valence-electron chi connectivity index (χ1n) is 3.87. The average Bonchev–Trinajstić information content (AvgIpc) is 2.14. The van der Waals surface area contributed by atoms with Crippen LogP contribution in [0.5, 0.6) is 0 Å². The summed E-state index contributed by atoms with van der Waals surface area (Å²) in [6, 6.07) is 0. The molecule has 1 aliphatic rings. The molecule has 0 aliphatic heterocycles. The third kappa shape index (κ3) is 1.57. The van der Waals surface area contributed by atoms with E-state index in [4.69, 9.17) is 0 Å². The van der Waals surface area contributed by atoms with Crippen molar-refractivity contribution in [3.63, 3.8) is 0 Å². The molecule has 0 heteroatoms. The van der Waals surface area contributed by atoms with Gasteiger partial charge in [-0.25, -0.2) is 0 Å². The first kappa shape index (κ1) is 6.85. The largest absolute Gasteiger partial charge is 0.0999 e. The molecular weight excluding hydrogens is 108 g/mol. The first-order valence-corrected chi connectivity index (χ1v) is 3.87. The normalized spacial score (nSPS) is 27.9. The third-order valence-corrected chi connectivity index (χ3v) is 2.36. The molecule has 0 bridgehead atoms. The van der Waals surface area contributed by atoms with Gasteiger partial charge in [0.15, 0.2) is 0 Å². The van der Waals surface area contributed by atoms with Crippen LogP contribution >= 0.6 is 0 Å². The van der Waals surface area contributed by atoms with Crippen LogP contribution in [0.3, 0.4) is 0 Å². The smallest absolute Gasteiger partial charge is 0.0292 e. The van der Waals surface area contributed by atoms with Crippen molar-refractivity contribution in [1.82, 2.24) is 0 Å². The van der Waals surface area contributed by atoms with Crippen LogP contribution in [0.4, 0.5) is 0 Å². The van der Waals surface area contributed by atoms with Gasteiger partial charge in [0.05, 0.1) is 0 Å². The van der Waals surface area contributed by atoms with Gasteiger partial charge in [0.25, 0.3) is 0 Å². The van der Waals surface area contributed by atoms with Gasteiger partial charge in [0.2, 0.25) is 0 Å². The zero-order valence-corrected chi connectivity index (χ0v) is 6.48. The summed E-state index contributed by atoms with van der Waals surface area (Å²) in [6.07, 6.45) is 3.96. The summed E-state index contributed by atoms with van der Waals surface area (Å²) in [7, 11) is 0. The van der Waals surface area contributed by atoms with Gasteiger partial charge in [-0.05, 0) is 31.1 Å². The summed E-state index contributed by atoms with van der Waals surface area (Å²) in [4.78, 5) is 0. The Morgan fingerprint density at radius 2 is 2.22 bits per heavy atom. The Kier molecular flexibility index (Phi) is 1.94. The van der Waals surface area contributed by atoms with Gasteiger partial charge < -0.3 is 0 Å². The molecule has 0 N–H and O–H groups in total. The van der Waals surface area contributed by atoms with Gasteiger partial charge in [-0.1, -0.05) is 26.0 Å². The second-order valence-corrected chi connectivity index (χ2v) is 3.50. The molecule has 0 radical (unpaired) electrons. The Morgan fingerprint density at radius 3 is 2.44 bits per heavy atom. The highest BCUT2D eigenvalue weighted by atomic mass is 14.3. The number of hydrogen-bond donors (Lipinski definition) is 0. The number of hydrogen-bond acceptors (Lipinski definition) is 0. The van der Waals surface area contributed by atoms with Crippen LogP contribution in [0.1, 0.15) is 33.1 Å². The fraction of sp³-hybridized carbons (Fsp3) is 0.778. The molecule has 0 saturated heterocycles. The van der Waals surface area contributed by atoms with Crippen LogP contribution < -0.4 is 0 Å². The summed E-state index contributed by atoms with van der Waals surface area (Å²) in [5.74, 6) is 1.81. The van der Waals surface area contributed by atoms with Crippen molar-refractivity contribution in [2.24, 2.45) is 11.8 Å². The highest BCUT2D eigenvalue weighted by Crippen LogP contribution is 2.33. The van der Waals surface area contributed by atoms with Crippen molar-refractivity contribution in [3.05, 3.63) is 12.2 Å². The monoisotopic (exact) mass is 124 g/mol. The molecule has 1 fully saturated rings. The minimum absolute atomic E-state index is 0.865. The molecule has 1 unspecified atom stereocenters. The topological polar surface area (TPSA) is 0 Å². The summed E-state index contributed by atoms with van der Waals surface area (Å²) in [6.45, 7) is 8.60. The standard InChI is InChI=1S/C9H16/c1-7(2)9-5-4-8(3)6-9/h7,9H,3-6H2,1-2H3. The molecule has 52 valence electrons. The maximum absolute atomic E-state index is 3.99. The fourth-order valence-corrected chi connectivity index (χ4v) is 1.53. The predicted molar refractivity (Wildman–Crippen MR) is 41.3 cm³/mol. The number of allylic oxidation sites excluding steroid dienone is 1. The van der Waals surface area contributed by atoms with Crippen molar-refractivity contribution < 1.29 is 0 Å². The Balaban J connectivity index is 2.39. The first-order chi connectivity index (χ1) is 4.20. The summed E-state index contributed by atoms with van der Waals surface area (Å²) >= 11 is 0. The lowest BCUT2D eigenvalue weighted by atomic mass is 9.94. The molecule has 1 aliphatic carbocycles. The Bertz CT molecular complexity index is 111. The Morgan fingerprint density at radius 1 is 1.56 bits per heavy atom. The molecule has 9 heavy (non-hydrogen) atoms. The molecule has 1 atom stereocenters. The lowest BCUT2D eigenvalue weighted by Crippen LogP contribution is -2.01. The van der Waals surface area contributed by atoms with Crippen LogP contribution in [0.15, 0.2) is 12.2 Å². The van der Waals surface area contributed by atoms with E-state index in [0.29, 0.717) is 0 Å². The molecule has 0 aromatic carbocycles. The summed E-state index contributed by atoms with van der Waals surface area (Å²) in [5.41, 5.74) is 1.47. The van der Waals surface area contributed by atoms with E-state index < -0.39 is 0 Å². The molecular formula is C9H16. The second kappa shape index (κ2) is 2.55. The van der Waals surface area contributed by atoms with Gasteiger partial charge in [0, 0.05) is 0 Å². The highest BCUT2D eigenvalue weighted by molar-refractivity contribution is 5.02. The van der Waals surface area contributed by atoms with Gasteiger partial charge in [-0.2, -0.15) is 0 Å². The van der Waals surface area contributed by atoms with E-state index in [0.717, 1.165) is 11.8 Å². The van der Waals surface area contributed by atoms with Crippen LogP contribution in [-0.2, 0) is 0 Å². The van der Waals surface area contributed by atoms with Crippen LogP contribution in [0, 0.1) is 11.8 Å². The van der Waals surface area contributed by atoms with Crippen LogP contribution in [0.2, 0.25) is 0 Å². The molecule has 0 spiro atoms. The zero-order chi connectivity index (χ0) is 6.85. The van der Waals surface area contributed by atoms with Crippen molar-refractivity contribution in [2.45, 2.75) is 33.1 Å². The van der Waals surface area contributed by atoms with E-state index in [2.05, 4.69) is 20.4 Å². The van der Waals surface area contributed by atoms with Gasteiger partial charge >= 0.3 is 0 Å². The summed E-state index contributed by atoms with van der Waals surface area (Å²) < 4.78 is 0. The van der Waals surface area contributed by atoms with Gasteiger partial charge in [-0.15, -0.1) is 0 Å². The lowest BCUT2D eigenvalue weighted by Gasteiger charge is -2.11. The maximum Gasteiger partial charge on any atom is -0.0292 e. The van der Waals surface area contributed by atoms with E-state index in [-0.39, 0.29) is 0 Å². The van der Waals surface area contributed by atoms with Gasteiger partial charge in [0.1, 0.15) is 0 Å². The quantitative estimate of drug-likeness (QED) is 0.471. The van der Waals surface area contributed by atoms with Crippen molar-refractivity contribution in [2.75, 3.05) is 0 Å². The third-order valence-electron chi connectivity index (χ3n) is 2.36. The summed E-state index contributed by atoms with van der Waals surface area (Å²) in [5, 5.41) is 0. The van der Waals surface area contributed by atoms with Crippen molar-refractivity contribution in [3.8, 4) is 0 Å². The molecule has 0 aromatic heterocycles. The van der Waals surface area contributed by atoms with Crippen molar-refractivity contribution in [1.29, 1.82) is 0 Å². The minimum Gasteiger partial charge on any atom is -0.0999 e. The second-order valence-electron chi connectivity index (χ2n) is 3.50. The van der Waals surface area contributed by atoms with Crippen molar-refractivity contribution >= 4 is 0 Å². The van der Waals surface area contributed by atoms with Crippen LogP contribution in [0.25, 0.3) is 0 Å². The molecule has 0 aromatic rings. The van der Waals surface area contributed by atoms with E-state index in [1.165, 1.54) is 24.8 Å². The maximum atomic E-state index is 3.99. The van der Waals surface area contributed by atoms with E-state index in [1.807, 2.05) is 0 Å². The highest BCUT2D eigenvalue weighted by Gasteiger charge is 2.20. The predicted octanol–water partition coefficient (Wildman–Crippen LogP) is 3.00. The van der Waals surface area contributed by atoms with Crippen LogP contribution in [-0.4, -0.2) is 0 Å². The molecule has 1 saturated carbocycles. The Labute approximate surface area is 58.0 Å². The van der Waals surface area contributed by atoms with Gasteiger partial charge in [-0.3, -0.25) is 0 Å². The number of rotatable bonds is 1. The molecule has 0 nitrogen and oxygen atoms in total. The SMILES string of the molecule is C=C1CCC(C(C)C)C1.